The molecule has 0 saturated carbocycles. The maximum atomic E-state index is 12.5. The van der Waals surface area contributed by atoms with E-state index in [0.717, 1.165) is 5.69 Å². The van der Waals surface area contributed by atoms with Crippen molar-refractivity contribution < 1.29 is 19.4 Å². The number of anilines is 2. The minimum absolute atomic E-state index is 0.0895. The molecule has 0 aliphatic carbocycles. The van der Waals surface area contributed by atoms with E-state index in [-0.39, 0.29) is 36.9 Å². The number of amides is 1. The van der Waals surface area contributed by atoms with Crippen molar-refractivity contribution in [3.8, 4) is 0 Å². The van der Waals surface area contributed by atoms with E-state index < -0.39 is 5.97 Å². The van der Waals surface area contributed by atoms with Crippen LogP contribution in [-0.2, 0) is 14.3 Å². The van der Waals surface area contributed by atoms with Crippen LogP contribution in [0.1, 0.15) is 0 Å². The number of carbonyl (C=O) groups excluding carboxylic acids is 2. The second-order valence-electron chi connectivity index (χ2n) is 5.48. The van der Waals surface area contributed by atoms with Crippen LogP contribution in [0.3, 0.4) is 0 Å². The molecule has 2 rings (SSSR count). The Morgan fingerprint density at radius 2 is 2.17 bits per heavy atom. The summed E-state index contributed by atoms with van der Waals surface area (Å²) in [4.78, 5) is 27.8. The molecule has 1 aliphatic heterocycles. The number of rotatable bonds is 6. The lowest BCUT2D eigenvalue weighted by molar-refractivity contribution is -0.136. The summed E-state index contributed by atoms with van der Waals surface area (Å²) in [5.41, 5.74) is 1.77. The van der Waals surface area contributed by atoms with Crippen molar-refractivity contribution in [3.63, 3.8) is 0 Å². The molecule has 0 aromatic heterocycles. The Balaban J connectivity index is 2.42. The van der Waals surface area contributed by atoms with Crippen LogP contribution in [0.25, 0.3) is 0 Å². The number of methoxy groups -OCH3 is 1. The standard InChI is InChI=1S/C16H20ClN3O4/c1-19(2)13-5-4-10(17)8-12(13)18-14-11(16(23)24-3)9-20(6-7-21)15(14)22/h4-5,8,18,21H,6-7,9H2,1-3H3. The van der Waals surface area contributed by atoms with Gasteiger partial charge in [0.2, 0.25) is 0 Å². The van der Waals surface area contributed by atoms with Gasteiger partial charge in [0.15, 0.2) is 0 Å². The molecular formula is C16H20ClN3O4. The summed E-state index contributed by atoms with van der Waals surface area (Å²) in [6.07, 6.45) is 0. The van der Waals surface area contributed by atoms with Crippen molar-refractivity contribution in [2.45, 2.75) is 0 Å². The van der Waals surface area contributed by atoms with E-state index in [0.29, 0.717) is 10.7 Å². The molecule has 1 aromatic rings. The SMILES string of the molecule is COC(=O)C1=C(Nc2cc(Cl)ccc2N(C)C)C(=O)N(CCO)C1. The van der Waals surface area contributed by atoms with Crippen molar-refractivity contribution in [2.24, 2.45) is 0 Å². The normalized spacial score (nSPS) is 14.2. The number of halogens is 1. The summed E-state index contributed by atoms with van der Waals surface area (Å²) in [5, 5.41) is 12.6. The van der Waals surface area contributed by atoms with E-state index in [1.165, 1.54) is 12.0 Å². The number of ether oxygens (including phenoxy) is 1. The molecule has 24 heavy (non-hydrogen) atoms. The predicted octanol–water partition coefficient (Wildman–Crippen LogP) is 1.08. The van der Waals surface area contributed by atoms with Gasteiger partial charge in [-0.3, -0.25) is 4.79 Å². The zero-order valence-corrected chi connectivity index (χ0v) is 14.6. The van der Waals surface area contributed by atoms with Gasteiger partial charge < -0.3 is 25.0 Å². The fourth-order valence-corrected chi connectivity index (χ4v) is 2.65. The fraction of sp³-hybridized carbons (Fsp3) is 0.375. The molecule has 1 aromatic carbocycles. The van der Waals surface area contributed by atoms with Gasteiger partial charge in [-0.1, -0.05) is 11.6 Å². The average Bonchev–Trinajstić information content (AvgIpc) is 2.84. The van der Waals surface area contributed by atoms with Gasteiger partial charge in [-0.25, -0.2) is 4.79 Å². The van der Waals surface area contributed by atoms with Crippen LogP contribution in [0, 0.1) is 0 Å². The van der Waals surface area contributed by atoms with Crippen molar-refractivity contribution in [1.29, 1.82) is 0 Å². The summed E-state index contributed by atoms with van der Waals surface area (Å²) >= 11 is 6.05. The Hall–Kier alpha value is -2.25. The first-order chi connectivity index (χ1) is 11.4. The topological polar surface area (TPSA) is 82.1 Å². The summed E-state index contributed by atoms with van der Waals surface area (Å²) in [7, 11) is 4.98. The highest BCUT2D eigenvalue weighted by atomic mass is 35.5. The Labute approximate surface area is 145 Å². The largest absolute Gasteiger partial charge is 0.466 e. The van der Waals surface area contributed by atoms with Crippen LogP contribution in [0.4, 0.5) is 11.4 Å². The van der Waals surface area contributed by atoms with Gasteiger partial charge in [-0.05, 0) is 18.2 Å². The summed E-state index contributed by atoms with van der Waals surface area (Å²) in [6.45, 7) is 0.0421. The van der Waals surface area contributed by atoms with E-state index in [4.69, 9.17) is 21.4 Å². The predicted molar refractivity (Wildman–Crippen MR) is 92.1 cm³/mol. The monoisotopic (exact) mass is 353 g/mol. The maximum Gasteiger partial charge on any atom is 0.337 e. The molecular weight excluding hydrogens is 334 g/mol. The Morgan fingerprint density at radius 3 is 2.75 bits per heavy atom. The first kappa shape index (κ1) is 18.1. The van der Waals surface area contributed by atoms with E-state index >= 15 is 0 Å². The zero-order chi connectivity index (χ0) is 17.9. The van der Waals surface area contributed by atoms with Gasteiger partial charge in [-0.15, -0.1) is 0 Å². The smallest absolute Gasteiger partial charge is 0.337 e. The van der Waals surface area contributed by atoms with Crippen molar-refractivity contribution in [3.05, 3.63) is 34.5 Å². The number of nitrogens with zero attached hydrogens (tertiary/aromatic N) is 2. The Morgan fingerprint density at radius 1 is 1.46 bits per heavy atom. The molecule has 0 saturated heterocycles. The van der Waals surface area contributed by atoms with E-state index in [9.17, 15) is 9.59 Å². The molecule has 0 atom stereocenters. The minimum atomic E-state index is -0.584. The number of aliphatic hydroxyl groups is 1. The molecule has 130 valence electrons. The number of benzene rings is 1. The van der Waals surface area contributed by atoms with Crippen LogP contribution in [-0.4, -0.2) is 62.8 Å². The van der Waals surface area contributed by atoms with Gasteiger partial charge in [-0.2, -0.15) is 0 Å². The molecule has 0 radical (unpaired) electrons. The lowest BCUT2D eigenvalue weighted by Crippen LogP contribution is -2.31. The molecule has 1 heterocycles. The van der Waals surface area contributed by atoms with Gasteiger partial charge in [0.25, 0.3) is 5.91 Å². The number of hydrogen-bond acceptors (Lipinski definition) is 6. The van der Waals surface area contributed by atoms with Gasteiger partial charge in [0, 0.05) is 25.7 Å². The Bertz CT molecular complexity index is 688. The molecule has 0 fully saturated rings. The lowest BCUT2D eigenvalue weighted by atomic mass is 10.2. The molecule has 1 aliphatic rings. The van der Waals surface area contributed by atoms with Gasteiger partial charge in [0.05, 0.1) is 37.2 Å². The summed E-state index contributed by atoms with van der Waals surface area (Å²) in [6, 6.07) is 5.24. The van der Waals surface area contributed by atoms with Crippen LogP contribution in [0.15, 0.2) is 29.5 Å². The number of hydrogen-bond donors (Lipinski definition) is 2. The second-order valence-corrected chi connectivity index (χ2v) is 5.91. The molecule has 1 amide bonds. The number of nitrogens with one attached hydrogen (secondary N) is 1. The molecule has 8 heteroatoms. The molecule has 2 N–H and O–H groups in total. The highest BCUT2D eigenvalue weighted by molar-refractivity contribution is 6.31. The minimum Gasteiger partial charge on any atom is -0.466 e. The summed E-state index contributed by atoms with van der Waals surface area (Å²) < 4.78 is 4.76. The molecule has 7 nitrogen and oxygen atoms in total. The van der Waals surface area contributed by atoms with Gasteiger partial charge >= 0.3 is 5.97 Å². The van der Waals surface area contributed by atoms with Gasteiger partial charge in [0.1, 0.15) is 5.70 Å². The van der Waals surface area contributed by atoms with Crippen molar-refractivity contribution in [1.82, 2.24) is 4.90 Å². The highest BCUT2D eigenvalue weighted by Crippen LogP contribution is 2.31. The molecule has 0 spiro atoms. The highest BCUT2D eigenvalue weighted by Gasteiger charge is 2.34. The molecule has 0 bridgehead atoms. The number of β-amino-alcohol motifs (C(OH)–C–C–N with tert-alkyl or cyclic N) is 1. The van der Waals surface area contributed by atoms with Crippen molar-refractivity contribution >= 4 is 34.9 Å². The third-order valence-corrected chi connectivity index (χ3v) is 3.89. The van der Waals surface area contributed by atoms with Crippen LogP contribution in [0.2, 0.25) is 5.02 Å². The van der Waals surface area contributed by atoms with E-state index in [1.807, 2.05) is 25.1 Å². The second kappa shape index (κ2) is 7.55. The number of carbonyl (C=O) groups is 2. The lowest BCUT2D eigenvalue weighted by Gasteiger charge is -2.20. The average molecular weight is 354 g/mol. The maximum absolute atomic E-state index is 12.5. The fourth-order valence-electron chi connectivity index (χ4n) is 2.48. The van der Waals surface area contributed by atoms with E-state index in [2.05, 4.69) is 5.32 Å². The van der Waals surface area contributed by atoms with Crippen LogP contribution >= 0.6 is 11.6 Å². The van der Waals surface area contributed by atoms with Crippen LogP contribution in [0.5, 0.6) is 0 Å². The first-order valence-electron chi connectivity index (χ1n) is 7.34. The summed E-state index contributed by atoms with van der Waals surface area (Å²) in [5.74, 6) is -0.950. The van der Waals surface area contributed by atoms with Crippen molar-refractivity contribution in [2.75, 3.05) is 51.1 Å². The van der Waals surface area contributed by atoms with E-state index in [1.54, 1.807) is 12.1 Å². The first-order valence-corrected chi connectivity index (χ1v) is 7.72. The quantitative estimate of drug-likeness (QED) is 0.745. The number of aliphatic hydroxyl groups excluding tert-OH is 1. The third kappa shape index (κ3) is 3.63. The van der Waals surface area contributed by atoms with Crippen LogP contribution < -0.4 is 10.2 Å². The third-order valence-electron chi connectivity index (χ3n) is 3.65. The zero-order valence-electron chi connectivity index (χ0n) is 13.8. The molecule has 0 unspecified atom stereocenters. The Kier molecular flexibility index (Phi) is 5.69. The number of esters is 1.